The number of allylic oxidation sites excluding steroid dienone is 1. The highest BCUT2D eigenvalue weighted by molar-refractivity contribution is 5.93. The molecule has 0 saturated heterocycles. The van der Waals surface area contributed by atoms with E-state index >= 15 is 0 Å². The maximum absolute atomic E-state index is 2.47. The number of benzene rings is 3. The van der Waals surface area contributed by atoms with Crippen molar-refractivity contribution in [3.05, 3.63) is 89.0 Å². The van der Waals surface area contributed by atoms with Crippen molar-refractivity contribution >= 4 is 6.08 Å². The zero-order valence-electron chi connectivity index (χ0n) is 15.8. The zero-order chi connectivity index (χ0) is 17.9. The van der Waals surface area contributed by atoms with Gasteiger partial charge in [0.05, 0.1) is 0 Å². The minimum Gasteiger partial charge on any atom is -0.0652 e. The van der Waals surface area contributed by atoms with Crippen molar-refractivity contribution in [1.29, 1.82) is 0 Å². The van der Waals surface area contributed by atoms with Crippen molar-refractivity contribution in [3.63, 3.8) is 0 Å². The molecular formula is C26H26. The van der Waals surface area contributed by atoms with Crippen LogP contribution in [0.2, 0.25) is 0 Å². The lowest BCUT2D eigenvalue weighted by Crippen LogP contribution is -1.95. The Labute approximate surface area is 157 Å². The molecule has 0 spiro atoms. The molecule has 0 saturated carbocycles. The topological polar surface area (TPSA) is 0 Å². The summed E-state index contributed by atoms with van der Waals surface area (Å²) in [6.45, 7) is 4.52. The van der Waals surface area contributed by atoms with E-state index in [9.17, 15) is 0 Å². The Morgan fingerprint density at radius 2 is 1.54 bits per heavy atom. The number of hydrogen-bond donors (Lipinski definition) is 0. The fourth-order valence-electron chi connectivity index (χ4n) is 4.18. The van der Waals surface area contributed by atoms with Gasteiger partial charge >= 0.3 is 0 Å². The third kappa shape index (κ3) is 3.01. The first-order valence-electron chi connectivity index (χ1n) is 9.80. The highest BCUT2D eigenvalue weighted by atomic mass is 14.2. The summed E-state index contributed by atoms with van der Waals surface area (Å²) in [6, 6.07) is 24.4. The Morgan fingerprint density at radius 1 is 0.769 bits per heavy atom. The van der Waals surface area contributed by atoms with Crippen LogP contribution in [0.4, 0.5) is 0 Å². The molecule has 0 heteroatoms. The maximum Gasteiger partial charge on any atom is -0.00272 e. The molecule has 0 amide bonds. The highest BCUT2D eigenvalue weighted by Gasteiger charge is 2.21. The molecule has 0 nitrogen and oxygen atoms in total. The number of hydrogen-bond acceptors (Lipinski definition) is 0. The van der Waals surface area contributed by atoms with E-state index in [1.807, 2.05) is 0 Å². The van der Waals surface area contributed by atoms with Crippen LogP contribution in [0, 0.1) is 0 Å². The second kappa shape index (κ2) is 7.33. The van der Waals surface area contributed by atoms with Crippen molar-refractivity contribution in [2.45, 2.75) is 39.5 Å². The molecule has 0 atom stereocenters. The lowest BCUT2D eigenvalue weighted by molar-refractivity contribution is 0.886. The standard InChI is InChI=1S/C26H26/c1-3-10-19-17-22-15-16-24(21-12-6-5-7-13-21)26(25(22)18-19)23-14-9-8-11-20(23)4-2/h5-9,11-16,18H,3-4,10,17H2,1-2H3. The molecule has 4 rings (SSSR count). The molecule has 3 aromatic rings. The van der Waals surface area contributed by atoms with Gasteiger partial charge in [0.2, 0.25) is 0 Å². The summed E-state index contributed by atoms with van der Waals surface area (Å²) in [5.41, 5.74) is 11.4. The van der Waals surface area contributed by atoms with E-state index in [-0.39, 0.29) is 0 Å². The van der Waals surface area contributed by atoms with Crippen LogP contribution >= 0.6 is 0 Å². The third-order valence-electron chi connectivity index (χ3n) is 5.43. The van der Waals surface area contributed by atoms with E-state index in [1.54, 1.807) is 5.57 Å². The van der Waals surface area contributed by atoms with Gasteiger partial charge in [-0.25, -0.2) is 0 Å². The second-order valence-corrected chi connectivity index (χ2v) is 7.17. The zero-order valence-corrected chi connectivity index (χ0v) is 15.8. The van der Waals surface area contributed by atoms with Crippen molar-refractivity contribution in [2.75, 3.05) is 0 Å². The molecule has 0 aromatic heterocycles. The van der Waals surface area contributed by atoms with Crippen LogP contribution in [0.3, 0.4) is 0 Å². The number of aryl methyl sites for hydroxylation is 1. The largest absolute Gasteiger partial charge is 0.0652 e. The maximum atomic E-state index is 2.47. The fraction of sp³-hybridized carbons (Fsp3) is 0.231. The van der Waals surface area contributed by atoms with Gasteiger partial charge in [0.25, 0.3) is 0 Å². The van der Waals surface area contributed by atoms with Gasteiger partial charge in [-0.15, -0.1) is 0 Å². The van der Waals surface area contributed by atoms with Crippen LogP contribution in [-0.2, 0) is 12.8 Å². The summed E-state index contributed by atoms with van der Waals surface area (Å²) in [4.78, 5) is 0. The van der Waals surface area contributed by atoms with Gasteiger partial charge in [-0.1, -0.05) is 98.6 Å². The van der Waals surface area contributed by atoms with Crippen LogP contribution in [0.15, 0.2) is 72.3 Å². The van der Waals surface area contributed by atoms with E-state index in [0.717, 1.165) is 12.8 Å². The quantitative estimate of drug-likeness (QED) is 0.457. The summed E-state index contributed by atoms with van der Waals surface area (Å²) >= 11 is 0. The predicted molar refractivity (Wildman–Crippen MR) is 113 cm³/mol. The molecule has 0 unspecified atom stereocenters. The minimum atomic E-state index is 1.06. The molecule has 26 heavy (non-hydrogen) atoms. The molecule has 1 aliphatic carbocycles. The summed E-state index contributed by atoms with van der Waals surface area (Å²) in [5, 5.41) is 0. The average Bonchev–Trinajstić information content (AvgIpc) is 3.11. The van der Waals surface area contributed by atoms with Crippen LogP contribution < -0.4 is 0 Å². The summed E-state index contributed by atoms with van der Waals surface area (Å²) in [6.07, 6.45) is 7.04. The van der Waals surface area contributed by atoms with Gasteiger partial charge < -0.3 is 0 Å². The fourth-order valence-corrected chi connectivity index (χ4v) is 4.18. The first-order valence-corrected chi connectivity index (χ1v) is 9.80. The molecule has 130 valence electrons. The Balaban J connectivity index is 1.99. The van der Waals surface area contributed by atoms with E-state index < -0.39 is 0 Å². The minimum absolute atomic E-state index is 1.06. The van der Waals surface area contributed by atoms with Crippen molar-refractivity contribution in [2.24, 2.45) is 0 Å². The van der Waals surface area contributed by atoms with E-state index in [1.165, 1.54) is 51.8 Å². The average molecular weight is 338 g/mol. The van der Waals surface area contributed by atoms with Crippen LogP contribution in [0.1, 0.15) is 43.4 Å². The summed E-state index contributed by atoms with van der Waals surface area (Å²) in [5.74, 6) is 0. The lowest BCUT2D eigenvalue weighted by atomic mass is 9.86. The lowest BCUT2D eigenvalue weighted by Gasteiger charge is -2.17. The van der Waals surface area contributed by atoms with Crippen LogP contribution in [-0.4, -0.2) is 0 Å². The van der Waals surface area contributed by atoms with Crippen molar-refractivity contribution in [1.82, 2.24) is 0 Å². The van der Waals surface area contributed by atoms with Gasteiger partial charge in [0.15, 0.2) is 0 Å². The highest BCUT2D eigenvalue weighted by Crippen LogP contribution is 2.42. The number of rotatable bonds is 5. The molecule has 0 radical (unpaired) electrons. The molecule has 0 aliphatic heterocycles. The SMILES string of the molecule is CCCC1=Cc2c(ccc(-c3ccccc3)c2-c2ccccc2CC)C1. The van der Waals surface area contributed by atoms with E-state index in [0.29, 0.717) is 0 Å². The Morgan fingerprint density at radius 3 is 2.31 bits per heavy atom. The molecule has 0 heterocycles. The molecular weight excluding hydrogens is 312 g/mol. The second-order valence-electron chi connectivity index (χ2n) is 7.17. The molecule has 3 aromatic carbocycles. The monoisotopic (exact) mass is 338 g/mol. The van der Waals surface area contributed by atoms with E-state index in [4.69, 9.17) is 0 Å². The normalized spacial score (nSPS) is 12.8. The smallest absolute Gasteiger partial charge is 0.00272 e. The Kier molecular flexibility index (Phi) is 4.75. The van der Waals surface area contributed by atoms with Gasteiger partial charge in [-0.05, 0) is 58.2 Å². The molecule has 1 aliphatic rings. The van der Waals surface area contributed by atoms with Crippen LogP contribution in [0.5, 0.6) is 0 Å². The van der Waals surface area contributed by atoms with Gasteiger partial charge in [0, 0.05) is 0 Å². The van der Waals surface area contributed by atoms with Crippen molar-refractivity contribution in [3.8, 4) is 22.3 Å². The van der Waals surface area contributed by atoms with Crippen LogP contribution in [0.25, 0.3) is 28.3 Å². The van der Waals surface area contributed by atoms with Crippen molar-refractivity contribution < 1.29 is 0 Å². The predicted octanol–water partition coefficient (Wildman–Crippen LogP) is 7.32. The molecule has 0 bridgehead atoms. The first-order chi connectivity index (χ1) is 12.8. The first kappa shape index (κ1) is 16.8. The molecule has 0 fully saturated rings. The Hall–Kier alpha value is -2.60. The Bertz CT molecular complexity index is 945. The third-order valence-corrected chi connectivity index (χ3v) is 5.43. The van der Waals surface area contributed by atoms with E-state index in [2.05, 4.69) is 86.7 Å². The van der Waals surface area contributed by atoms with Gasteiger partial charge in [-0.3, -0.25) is 0 Å². The summed E-state index contributed by atoms with van der Waals surface area (Å²) in [7, 11) is 0. The summed E-state index contributed by atoms with van der Waals surface area (Å²) < 4.78 is 0. The molecule has 0 N–H and O–H groups in total. The van der Waals surface area contributed by atoms with Gasteiger partial charge in [-0.2, -0.15) is 0 Å². The van der Waals surface area contributed by atoms with Gasteiger partial charge in [0.1, 0.15) is 0 Å². The number of fused-ring (bicyclic) bond motifs is 1.